The molecule has 2 aliphatic rings. The number of benzene rings is 2. The summed E-state index contributed by atoms with van der Waals surface area (Å²) in [6.45, 7) is 0.530. The average Bonchev–Trinajstić information content (AvgIpc) is 3.16. The first kappa shape index (κ1) is 21.3. The van der Waals surface area contributed by atoms with Gasteiger partial charge in [-0.1, -0.05) is 24.3 Å². The Labute approximate surface area is 185 Å². The predicted octanol–water partition coefficient (Wildman–Crippen LogP) is 3.85. The third kappa shape index (κ3) is 4.63. The lowest BCUT2D eigenvalue weighted by atomic mass is 10.0. The number of aromatic nitrogens is 2. The number of epoxide rings is 1. The topological polar surface area (TPSA) is 80.7 Å². The number of nitrogens with one attached hydrogen (secondary N) is 2. The van der Waals surface area contributed by atoms with Crippen molar-refractivity contribution in [2.24, 2.45) is 5.92 Å². The maximum absolute atomic E-state index is 14.5. The summed E-state index contributed by atoms with van der Waals surface area (Å²) in [5.74, 6) is -0.590. The van der Waals surface area contributed by atoms with Crippen LogP contribution in [0.3, 0.4) is 0 Å². The molecule has 0 radical (unpaired) electrons. The molecule has 3 unspecified atom stereocenters. The average molecular weight is 462 g/mol. The third-order valence-corrected chi connectivity index (χ3v) is 5.44. The second-order valence-corrected chi connectivity index (χ2v) is 7.79. The van der Waals surface area contributed by atoms with Crippen molar-refractivity contribution in [3.05, 3.63) is 60.4 Å². The number of alkyl halides is 3. The Balaban J connectivity index is 1.46. The fraction of sp³-hybridized carbons (Fsp3) is 0.273. The number of hydrogen-bond acceptors (Lipinski definition) is 5. The molecule has 0 spiro atoms. The van der Waals surface area contributed by atoms with Gasteiger partial charge in [-0.15, -0.1) is 18.3 Å². The lowest BCUT2D eigenvalue weighted by Gasteiger charge is -2.11. The molecule has 0 bridgehead atoms. The molecule has 7 nitrogen and oxygen atoms in total. The predicted molar refractivity (Wildman–Crippen MR) is 109 cm³/mol. The van der Waals surface area contributed by atoms with Crippen LogP contribution in [0.15, 0.2) is 54.6 Å². The van der Waals surface area contributed by atoms with Crippen LogP contribution in [0.4, 0.5) is 23.4 Å². The van der Waals surface area contributed by atoms with Crippen LogP contribution >= 0.6 is 0 Å². The molecule has 2 fully saturated rings. The van der Waals surface area contributed by atoms with Gasteiger partial charge in [-0.25, -0.2) is 9.07 Å². The molecular weight excluding hydrogens is 444 g/mol. The molecule has 33 heavy (non-hydrogen) atoms. The van der Waals surface area contributed by atoms with Crippen LogP contribution in [0.2, 0.25) is 0 Å². The van der Waals surface area contributed by atoms with Gasteiger partial charge in [-0.3, -0.25) is 4.79 Å². The molecular formula is C22H18F4N4O3. The molecule has 2 N–H and O–H groups in total. The number of ether oxygens (including phenoxy) is 2. The van der Waals surface area contributed by atoms with Crippen LogP contribution in [-0.4, -0.2) is 40.9 Å². The van der Waals surface area contributed by atoms with E-state index in [1.807, 2.05) is 0 Å². The molecule has 1 amide bonds. The second-order valence-electron chi connectivity index (χ2n) is 7.79. The summed E-state index contributed by atoms with van der Waals surface area (Å²) < 4.78 is 63.5. The van der Waals surface area contributed by atoms with Crippen molar-refractivity contribution in [3.8, 4) is 22.7 Å². The van der Waals surface area contributed by atoms with E-state index in [4.69, 9.17) is 4.74 Å². The molecule has 2 aromatic carbocycles. The number of para-hydroxylation sites is 1. The van der Waals surface area contributed by atoms with Crippen LogP contribution in [-0.2, 0) is 9.53 Å². The number of rotatable bonds is 6. The van der Waals surface area contributed by atoms with Crippen LogP contribution in [0.5, 0.6) is 5.75 Å². The minimum Gasteiger partial charge on any atom is -0.406 e. The quantitative estimate of drug-likeness (QED) is 0.430. The van der Waals surface area contributed by atoms with Crippen molar-refractivity contribution in [2.75, 3.05) is 11.9 Å². The summed E-state index contributed by atoms with van der Waals surface area (Å²) in [7, 11) is 0. The summed E-state index contributed by atoms with van der Waals surface area (Å²) in [6, 6.07) is 12.9. The van der Waals surface area contributed by atoms with Gasteiger partial charge < -0.3 is 20.1 Å². The van der Waals surface area contributed by atoms with Crippen molar-refractivity contribution in [3.63, 3.8) is 0 Å². The van der Waals surface area contributed by atoms with E-state index in [0.717, 1.165) is 0 Å². The number of carbonyl (C=O) groups is 1. The summed E-state index contributed by atoms with van der Waals surface area (Å²) in [5.41, 5.74) is 0.825. The summed E-state index contributed by atoms with van der Waals surface area (Å²) >= 11 is 0. The molecule has 172 valence electrons. The van der Waals surface area contributed by atoms with Crippen molar-refractivity contribution in [2.45, 2.75) is 25.1 Å². The zero-order valence-electron chi connectivity index (χ0n) is 17.0. The molecule has 5 rings (SSSR count). The van der Waals surface area contributed by atoms with Crippen LogP contribution < -0.4 is 15.4 Å². The third-order valence-electron chi connectivity index (χ3n) is 5.44. The molecule has 2 saturated heterocycles. The first-order valence-electron chi connectivity index (χ1n) is 10.2. The SMILES string of the molecule is O=C1CC(C2OC2Nc2cc(-c3cccc(OC(F)(F)F)c3)n(-c3ccccc3F)n2)CN1. The highest BCUT2D eigenvalue weighted by Crippen LogP contribution is 2.36. The summed E-state index contributed by atoms with van der Waals surface area (Å²) in [5, 5.41) is 10.3. The molecule has 0 aliphatic carbocycles. The summed E-state index contributed by atoms with van der Waals surface area (Å²) in [4.78, 5) is 11.4. The smallest absolute Gasteiger partial charge is 0.406 e. The zero-order chi connectivity index (χ0) is 23.2. The van der Waals surface area contributed by atoms with E-state index in [2.05, 4.69) is 20.5 Å². The number of amides is 1. The van der Waals surface area contributed by atoms with Gasteiger partial charge >= 0.3 is 6.36 Å². The normalized spacial score (nSPS) is 22.2. The monoisotopic (exact) mass is 462 g/mol. The van der Waals surface area contributed by atoms with E-state index in [1.54, 1.807) is 18.2 Å². The maximum atomic E-state index is 14.5. The van der Waals surface area contributed by atoms with Crippen LogP contribution in [0.25, 0.3) is 16.9 Å². The lowest BCUT2D eigenvalue weighted by molar-refractivity contribution is -0.274. The second kappa shape index (κ2) is 8.07. The fourth-order valence-corrected chi connectivity index (χ4v) is 3.92. The molecule has 11 heteroatoms. The minimum atomic E-state index is -4.84. The first-order valence-corrected chi connectivity index (χ1v) is 10.2. The van der Waals surface area contributed by atoms with E-state index in [1.165, 1.54) is 41.1 Å². The Bertz CT molecular complexity index is 1200. The van der Waals surface area contributed by atoms with E-state index in [9.17, 15) is 22.4 Å². The van der Waals surface area contributed by atoms with Gasteiger partial charge in [0.25, 0.3) is 0 Å². The molecule has 2 aliphatic heterocycles. The molecule has 3 heterocycles. The van der Waals surface area contributed by atoms with E-state index in [0.29, 0.717) is 30.0 Å². The highest BCUT2D eigenvalue weighted by atomic mass is 19.4. The number of nitrogens with zero attached hydrogens (tertiary/aromatic N) is 2. The Morgan fingerprint density at radius 2 is 1.97 bits per heavy atom. The Hall–Kier alpha value is -3.60. The van der Waals surface area contributed by atoms with E-state index in [-0.39, 0.29) is 29.8 Å². The molecule has 3 aromatic rings. The minimum absolute atomic E-state index is 0.0266. The van der Waals surface area contributed by atoms with Gasteiger partial charge in [-0.05, 0) is 24.3 Å². The number of hydrogen-bond donors (Lipinski definition) is 2. The van der Waals surface area contributed by atoms with Crippen molar-refractivity contribution >= 4 is 11.7 Å². The Kier molecular flexibility index (Phi) is 5.20. The van der Waals surface area contributed by atoms with Crippen molar-refractivity contribution in [1.82, 2.24) is 15.1 Å². The first-order chi connectivity index (χ1) is 15.8. The number of carbonyl (C=O) groups excluding carboxylic acids is 1. The number of anilines is 1. The van der Waals surface area contributed by atoms with Crippen molar-refractivity contribution in [1.29, 1.82) is 0 Å². The molecule has 3 atom stereocenters. The number of halogens is 4. The van der Waals surface area contributed by atoms with Gasteiger partial charge in [0.15, 0.2) is 12.0 Å². The van der Waals surface area contributed by atoms with Gasteiger partial charge in [0.2, 0.25) is 5.91 Å². The van der Waals surface area contributed by atoms with E-state index >= 15 is 0 Å². The van der Waals surface area contributed by atoms with Crippen LogP contribution in [0, 0.1) is 11.7 Å². The Morgan fingerprint density at radius 3 is 2.70 bits per heavy atom. The fourth-order valence-electron chi connectivity index (χ4n) is 3.92. The molecule has 0 saturated carbocycles. The summed E-state index contributed by atoms with van der Waals surface area (Å²) in [6.07, 6.45) is -5.01. The van der Waals surface area contributed by atoms with E-state index < -0.39 is 17.9 Å². The molecule has 1 aromatic heterocycles. The largest absolute Gasteiger partial charge is 0.573 e. The zero-order valence-corrected chi connectivity index (χ0v) is 17.0. The van der Waals surface area contributed by atoms with Gasteiger partial charge in [-0.2, -0.15) is 0 Å². The van der Waals surface area contributed by atoms with Gasteiger partial charge in [0, 0.05) is 30.5 Å². The van der Waals surface area contributed by atoms with Gasteiger partial charge in [0.05, 0.1) is 5.69 Å². The van der Waals surface area contributed by atoms with Gasteiger partial charge in [0.1, 0.15) is 23.4 Å². The highest BCUT2D eigenvalue weighted by Gasteiger charge is 2.47. The highest BCUT2D eigenvalue weighted by molar-refractivity contribution is 5.78. The standard InChI is InChI=1S/C22H18F4N4O3/c23-15-6-1-2-7-16(15)30-17(12-4-3-5-14(8-12)33-22(24,25)26)10-18(29-30)28-21-20(32-21)13-9-19(31)27-11-13/h1-8,10,13,20-21H,9,11H2,(H,27,31)(H,28,29). The van der Waals surface area contributed by atoms with Crippen LogP contribution in [0.1, 0.15) is 6.42 Å². The lowest BCUT2D eigenvalue weighted by Crippen LogP contribution is -2.18. The maximum Gasteiger partial charge on any atom is 0.573 e. The Morgan fingerprint density at radius 1 is 1.15 bits per heavy atom. The van der Waals surface area contributed by atoms with Crippen molar-refractivity contribution < 1.29 is 31.8 Å².